The Labute approximate surface area is 123 Å². The molecule has 0 radical (unpaired) electrons. The molecule has 0 saturated heterocycles. The Balaban J connectivity index is 2.00. The van der Waals surface area contributed by atoms with E-state index in [0.29, 0.717) is 12.1 Å². The molecule has 3 aromatic rings. The maximum atomic E-state index is 12.0. The van der Waals surface area contributed by atoms with E-state index in [0.717, 1.165) is 23.2 Å². The van der Waals surface area contributed by atoms with E-state index < -0.39 is 0 Å². The van der Waals surface area contributed by atoms with Crippen molar-refractivity contribution in [1.29, 1.82) is 0 Å². The molecule has 0 unspecified atom stereocenters. The van der Waals surface area contributed by atoms with E-state index in [1.54, 1.807) is 0 Å². The molecule has 4 heteroatoms. The molecule has 0 bridgehead atoms. The number of nitrogens with zero attached hydrogens (tertiary/aromatic N) is 1. The summed E-state index contributed by atoms with van der Waals surface area (Å²) in [5.41, 5.74) is 2.47. The molecular weight excluding hydrogens is 264 g/mol. The van der Waals surface area contributed by atoms with Gasteiger partial charge in [-0.05, 0) is 36.1 Å². The van der Waals surface area contributed by atoms with Crippen LogP contribution in [0, 0.1) is 5.41 Å². The van der Waals surface area contributed by atoms with Crippen molar-refractivity contribution in [1.82, 2.24) is 9.38 Å². The summed E-state index contributed by atoms with van der Waals surface area (Å²) in [5, 5.41) is 0. The van der Waals surface area contributed by atoms with E-state index in [1.165, 1.54) is 0 Å². The Morgan fingerprint density at radius 1 is 1.24 bits per heavy atom. The highest BCUT2D eigenvalue weighted by Crippen LogP contribution is 2.24. The minimum atomic E-state index is -0.0847. The van der Waals surface area contributed by atoms with Crippen molar-refractivity contribution >= 4 is 16.6 Å². The molecule has 1 N–H and O–H groups in total. The summed E-state index contributed by atoms with van der Waals surface area (Å²) in [6.45, 7) is 7.17. The first-order chi connectivity index (χ1) is 10.00. The molecule has 2 heterocycles. The number of hydrogen-bond acceptors (Lipinski definition) is 2. The lowest BCUT2D eigenvalue weighted by atomic mass is 9.92. The molecule has 0 aliphatic heterocycles. The minimum Gasteiger partial charge on any atom is -0.493 e. The van der Waals surface area contributed by atoms with Crippen molar-refractivity contribution in [2.24, 2.45) is 5.41 Å². The van der Waals surface area contributed by atoms with Crippen LogP contribution in [0.3, 0.4) is 0 Å². The molecule has 0 spiro atoms. The van der Waals surface area contributed by atoms with E-state index in [1.807, 2.05) is 40.9 Å². The van der Waals surface area contributed by atoms with Gasteiger partial charge < -0.3 is 14.1 Å². The second-order valence-corrected chi connectivity index (χ2v) is 6.20. The Kier molecular flexibility index (Phi) is 3.24. The number of ether oxygens (including phenoxy) is 1. The maximum absolute atomic E-state index is 12.0. The van der Waals surface area contributed by atoms with E-state index >= 15 is 0 Å². The molecule has 1 aromatic carbocycles. The smallest absolute Gasteiger partial charge is 0.272 e. The fourth-order valence-electron chi connectivity index (χ4n) is 2.26. The molecular formula is C17H20N2O2. The molecule has 0 aliphatic rings. The van der Waals surface area contributed by atoms with Gasteiger partial charge >= 0.3 is 0 Å². The van der Waals surface area contributed by atoms with Gasteiger partial charge in [0.1, 0.15) is 11.3 Å². The van der Waals surface area contributed by atoms with Crippen LogP contribution in [0.4, 0.5) is 0 Å². The summed E-state index contributed by atoms with van der Waals surface area (Å²) in [6.07, 6.45) is 2.95. The van der Waals surface area contributed by atoms with Crippen LogP contribution in [-0.2, 0) is 0 Å². The molecule has 3 rings (SSSR count). The summed E-state index contributed by atoms with van der Waals surface area (Å²) >= 11 is 0. The van der Waals surface area contributed by atoms with Gasteiger partial charge in [-0.1, -0.05) is 20.8 Å². The Morgan fingerprint density at radius 3 is 2.81 bits per heavy atom. The van der Waals surface area contributed by atoms with Crippen LogP contribution in [0.15, 0.2) is 41.3 Å². The molecule has 4 nitrogen and oxygen atoms in total. The summed E-state index contributed by atoms with van der Waals surface area (Å²) < 4.78 is 7.77. The molecule has 2 aromatic heterocycles. The SMILES string of the molecule is CCC(C)(C)COc1ccc2c(c1)[nH]c(=O)c1cccn12. The second-order valence-electron chi connectivity index (χ2n) is 6.20. The number of H-pyrrole nitrogens is 1. The van der Waals surface area contributed by atoms with Gasteiger partial charge in [-0.2, -0.15) is 0 Å². The highest BCUT2D eigenvalue weighted by atomic mass is 16.5. The molecule has 0 amide bonds. The minimum absolute atomic E-state index is 0.0847. The predicted octanol–water partition coefficient (Wildman–Crippen LogP) is 3.60. The summed E-state index contributed by atoms with van der Waals surface area (Å²) in [4.78, 5) is 14.9. The van der Waals surface area contributed by atoms with Gasteiger partial charge in [-0.15, -0.1) is 0 Å². The molecule has 0 fully saturated rings. The molecule has 110 valence electrons. The van der Waals surface area contributed by atoms with Crippen molar-refractivity contribution in [2.45, 2.75) is 27.2 Å². The van der Waals surface area contributed by atoms with Crippen molar-refractivity contribution in [3.05, 3.63) is 46.9 Å². The van der Waals surface area contributed by atoms with Gasteiger partial charge in [0.05, 0.1) is 17.6 Å². The average molecular weight is 284 g/mol. The van der Waals surface area contributed by atoms with Crippen LogP contribution < -0.4 is 10.3 Å². The van der Waals surface area contributed by atoms with Gasteiger partial charge in [-0.25, -0.2) is 0 Å². The number of benzene rings is 1. The lowest BCUT2D eigenvalue weighted by molar-refractivity contribution is 0.175. The molecule has 0 saturated carbocycles. The third-order valence-electron chi connectivity index (χ3n) is 4.04. The normalized spacial score (nSPS) is 12.1. The van der Waals surface area contributed by atoms with Gasteiger partial charge in [0.25, 0.3) is 5.56 Å². The Hall–Kier alpha value is -2.23. The standard InChI is InChI=1S/C17H20N2O2/c1-4-17(2,3)11-21-12-7-8-14-13(10-12)18-16(20)15-6-5-9-19(14)15/h5-10H,4,11H2,1-3H3,(H,18,20). The Morgan fingerprint density at radius 2 is 2.05 bits per heavy atom. The fraction of sp³-hybridized carbons (Fsp3) is 0.353. The molecule has 21 heavy (non-hydrogen) atoms. The second kappa shape index (κ2) is 4.95. The highest BCUT2D eigenvalue weighted by Gasteiger charge is 2.16. The van der Waals surface area contributed by atoms with E-state index in [4.69, 9.17) is 4.74 Å². The quantitative estimate of drug-likeness (QED) is 0.795. The number of hydrogen-bond donors (Lipinski definition) is 1. The van der Waals surface area contributed by atoms with Gasteiger partial charge in [-0.3, -0.25) is 4.79 Å². The van der Waals surface area contributed by atoms with Crippen LogP contribution in [-0.4, -0.2) is 16.0 Å². The van der Waals surface area contributed by atoms with E-state index in [9.17, 15) is 4.79 Å². The van der Waals surface area contributed by atoms with Crippen LogP contribution in [0.2, 0.25) is 0 Å². The molecule has 0 aliphatic carbocycles. The topological polar surface area (TPSA) is 46.5 Å². The first kappa shape index (κ1) is 13.7. The maximum Gasteiger partial charge on any atom is 0.272 e. The van der Waals surface area contributed by atoms with E-state index in [-0.39, 0.29) is 11.0 Å². The van der Waals surface area contributed by atoms with Gasteiger partial charge in [0.15, 0.2) is 0 Å². The fourth-order valence-corrected chi connectivity index (χ4v) is 2.26. The summed E-state index contributed by atoms with van der Waals surface area (Å²) in [7, 11) is 0. The zero-order valence-corrected chi connectivity index (χ0v) is 12.6. The number of aromatic amines is 1. The lowest BCUT2D eigenvalue weighted by Gasteiger charge is -2.22. The highest BCUT2D eigenvalue weighted by molar-refractivity contribution is 5.79. The van der Waals surface area contributed by atoms with Crippen LogP contribution in [0.5, 0.6) is 5.75 Å². The van der Waals surface area contributed by atoms with Crippen LogP contribution in [0.25, 0.3) is 16.6 Å². The third kappa shape index (κ3) is 2.53. The largest absolute Gasteiger partial charge is 0.493 e. The van der Waals surface area contributed by atoms with Crippen molar-refractivity contribution < 1.29 is 4.74 Å². The zero-order chi connectivity index (χ0) is 15.0. The van der Waals surface area contributed by atoms with Gasteiger partial charge in [0.2, 0.25) is 0 Å². The monoisotopic (exact) mass is 284 g/mol. The predicted molar refractivity (Wildman–Crippen MR) is 85.1 cm³/mol. The number of aromatic nitrogens is 2. The first-order valence-corrected chi connectivity index (χ1v) is 7.26. The number of rotatable bonds is 4. The van der Waals surface area contributed by atoms with E-state index in [2.05, 4.69) is 25.8 Å². The lowest BCUT2D eigenvalue weighted by Crippen LogP contribution is -2.20. The van der Waals surface area contributed by atoms with Crippen LogP contribution >= 0.6 is 0 Å². The van der Waals surface area contributed by atoms with Crippen molar-refractivity contribution in [3.63, 3.8) is 0 Å². The van der Waals surface area contributed by atoms with Crippen molar-refractivity contribution in [2.75, 3.05) is 6.61 Å². The molecule has 0 atom stereocenters. The number of nitrogens with one attached hydrogen (secondary N) is 1. The Bertz CT molecular complexity index is 843. The number of fused-ring (bicyclic) bond motifs is 3. The average Bonchev–Trinajstić information content (AvgIpc) is 2.95. The first-order valence-electron chi connectivity index (χ1n) is 7.26. The third-order valence-corrected chi connectivity index (χ3v) is 4.04. The van der Waals surface area contributed by atoms with Crippen LogP contribution in [0.1, 0.15) is 27.2 Å². The summed E-state index contributed by atoms with van der Waals surface area (Å²) in [6, 6.07) is 9.50. The van der Waals surface area contributed by atoms with Gasteiger partial charge in [0, 0.05) is 12.3 Å². The summed E-state index contributed by atoms with van der Waals surface area (Å²) in [5.74, 6) is 0.784. The zero-order valence-electron chi connectivity index (χ0n) is 12.6. The van der Waals surface area contributed by atoms with Crippen molar-refractivity contribution in [3.8, 4) is 5.75 Å².